The number of hydrogen-bond acceptors (Lipinski definition) is 2. The van der Waals surface area contributed by atoms with Crippen molar-refractivity contribution in [1.29, 1.82) is 0 Å². The Labute approximate surface area is 120 Å². The molecule has 0 heterocycles. The summed E-state index contributed by atoms with van der Waals surface area (Å²) in [5, 5.41) is 3.57. The molecule has 19 heavy (non-hydrogen) atoms. The lowest BCUT2D eigenvalue weighted by atomic mass is 10.0. The van der Waals surface area contributed by atoms with Crippen molar-refractivity contribution < 1.29 is 4.74 Å². The first-order valence-corrected chi connectivity index (χ1v) is 8.68. The molecule has 1 rings (SSSR count). The molecule has 0 aromatic heterocycles. The molecule has 1 aliphatic carbocycles. The third-order valence-corrected chi connectivity index (χ3v) is 4.12. The van der Waals surface area contributed by atoms with Gasteiger partial charge in [-0.25, -0.2) is 0 Å². The van der Waals surface area contributed by atoms with Crippen molar-refractivity contribution in [2.45, 2.75) is 84.1 Å². The van der Waals surface area contributed by atoms with Gasteiger partial charge in [-0.05, 0) is 44.6 Å². The van der Waals surface area contributed by atoms with E-state index in [1.807, 2.05) is 0 Å². The number of hydrogen-bond donors (Lipinski definition) is 1. The predicted octanol–water partition coefficient (Wildman–Crippen LogP) is 4.53. The molecule has 1 atom stereocenters. The molecule has 1 N–H and O–H groups in total. The van der Waals surface area contributed by atoms with Crippen LogP contribution in [0.3, 0.4) is 0 Å². The minimum absolute atomic E-state index is 0.794. The molecule has 0 saturated heterocycles. The summed E-state index contributed by atoms with van der Waals surface area (Å²) in [6.45, 7) is 7.74. The molecule has 114 valence electrons. The highest BCUT2D eigenvalue weighted by atomic mass is 16.5. The zero-order chi connectivity index (χ0) is 13.8. The van der Waals surface area contributed by atoms with Crippen LogP contribution in [0.5, 0.6) is 0 Å². The van der Waals surface area contributed by atoms with Crippen molar-refractivity contribution >= 4 is 0 Å². The molecule has 0 aliphatic heterocycles. The molecular weight excluding hydrogens is 234 g/mol. The third kappa shape index (κ3) is 10.4. The second-order valence-corrected chi connectivity index (χ2v) is 6.13. The second-order valence-electron chi connectivity index (χ2n) is 6.13. The Morgan fingerprint density at radius 1 is 1.05 bits per heavy atom. The van der Waals surface area contributed by atoms with Crippen molar-refractivity contribution in [2.24, 2.45) is 5.92 Å². The maximum Gasteiger partial charge on any atom is 0.0494 e. The van der Waals surface area contributed by atoms with Crippen molar-refractivity contribution in [2.75, 3.05) is 19.8 Å². The summed E-state index contributed by atoms with van der Waals surface area (Å²) < 4.78 is 5.82. The lowest BCUT2D eigenvalue weighted by Gasteiger charge is -2.14. The molecule has 0 aromatic carbocycles. The van der Waals surface area contributed by atoms with Crippen molar-refractivity contribution in [3.63, 3.8) is 0 Å². The average Bonchev–Trinajstić information content (AvgIpc) is 3.24. The van der Waals surface area contributed by atoms with Crippen molar-refractivity contribution in [3.05, 3.63) is 0 Å². The summed E-state index contributed by atoms with van der Waals surface area (Å²) >= 11 is 0. The highest BCUT2D eigenvalue weighted by Crippen LogP contribution is 2.18. The Morgan fingerprint density at radius 2 is 1.84 bits per heavy atom. The Hall–Kier alpha value is -0.0800. The highest BCUT2D eigenvalue weighted by molar-refractivity contribution is 4.80. The smallest absolute Gasteiger partial charge is 0.0494 e. The quantitative estimate of drug-likeness (QED) is 0.468. The van der Waals surface area contributed by atoms with Gasteiger partial charge in [-0.3, -0.25) is 0 Å². The van der Waals surface area contributed by atoms with E-state index >= 15 is 0 Å². The van der Waals surface area contributed by atoms with Crippen LogP contribution in [0.2, 0.25) is 0 Å². The fraction of sp³-hybridized carbons (Fsp3) is 1.00. The Morgan fingerprint density at radius 3 is 2.53 bits per heavy atom. The Kier molecular flexibility index (Phi) is 10.5. The number of unbranched alkanes of at least 4 members (excludes halogenated alkanes) is 4. The van der Waals surface area contributed by atoms with Crippen LogP contribution in [0, 0.1) is 5.92 Å². The van der Waals surface area contributed by atoms with E-state index in [0.717, 1.165) is 25.2 Å². The maximum absolute atomic E-state index is 5.82. The van der Waals surface area contributed by atoms with E-state index in [1.54, 1.807) is 0 Å². The molecule has 1 fully saturated rings. The van der Waals surface area contributed by atoms with E-state index in [9.17, 15) is 0 Å². The van der Waals surface area contributed by atoms with Gasteiger partial charge in [-0.15, -0.1) is 0 Å². The second kappa shape index (κ2) is 11.7. The lowest BCUT2D eigenvalue weighted by Crippen LogP contribution is -2.17. The normalized spacial score (nSPS) is 16.7. The number of nitrogens with one attached hydrogen (secondary N) is 1. The molecule has 2 nitrogen and oxygen atoms in total. The number of ether oxygens (including phenoxy) is 1. The topological polar surface area (TPSA) is 21.3 Å². The molecule has 0 radical (unpaired) electrons. The minimum Gasteiger partial charge on any atom is -0.381 e. The first-order chi connectivity index (χ1) is 9.36. The van der Waals surface area contributed by atoms with Crippen LogP contribution >= 0.6 is 0 Å². The van der Waals surface area contributed by atoms with E-state index in [0.29, 0.717) is 0 Å². The summed E-state index contributed by atoms with van der Waals surface area (Å²) in [6, 6.07) is 0.873. The Bertz CT molecular complexity index is 192. The summed E-state index contributed by atoms with van der Waals surface area (Å²) in [5.41, 5.74) is 0. The first-order valence-electron chi connectivity index (χ1n) is 8.68. The summed E-state index contributed by atoms with van der Waals surface area (Å²) in [5.74, 6) is 0.794. The first kappa shape index (κ1) is 17.0. The largest absolute Gasteiger partial charge is 0.381 e. The zero-order valence-electron chi connectivity index (χ0n) is 13.3. The average molecular weight is 269 g/mol. The molecule has 1 aliphatic rings. The molecule has 2 heteroatoms. The van der Waals surface area contributed by atoms with Crippen LogP contribution in [-0.4, -0.2) is 25.8 Å². The fourth-order valence-corrected chi connectivity index (χ4v) is 2.42. The van der Waals surface area contributed by atoms with Crippen molar-refractivity contribution in [3.8, 4) is 0 Å². The summed E-state index contributed by atoms with van der Waals surface area (Å²) in [7, 11) is 0. The van der Waals surface area contributed by atoms with Crippen molar-refractivity contribution in [1.82, 2.24) is 5.32 Å². The van der Waals surface area contributed by atoms with Gasteiger partial charge in [0.2, 0.25) is 0 Å². The molecule has 0 amide bonds. The molecule has 0 bridgehead atoms. The van der Waals surface area contributed by atoms with Gasteiger partial charge in [-0.2, -0.15) is 0 Å². The molecule has 0 aromatic rings. The van der Waals surface area contributed by atoms with E-state index in [4.69, 9.17) is 4.74 Å². The van der Waals surface area contributed by atoms with Gasteiger partial charge in [0.05, 0.1) is 0 Å². The number of rotatable bonds is 14. The van der Waals surface area contributed by atoms with E-state index in [-0.39, 0.29) is 0 Å². The van der Waals surface area contributed by atoms with E-state index in [1.165, 1.54) is 70.8 Å². The SMILES string of the molecule is CCCCC(CC)COCCCCCCNC1CC1. The van der Waals surface area contributed by atoms with Crippen LogP contribution in [0.25, 0.3) is 0 Å². The van der Waals surface area contributed by atoms with E-state index in [2.05, 4.69) is 19.2 Å². The van der Waals surface area contributed by atoms with Gasteiger partial charge >= 0.3 is 0 Å². The van der Waals surface area contributed by atoms with Crippen LogP contribution in [-0.2, 0) is 4.74 Å². The summed E-state index contributed by atoms with van der Waals surface area (Å²) in [6.07, 6.45) is 13.4. The maximum atomic E-state index is 5.82. The van der Waals surface area contributed by atoms with Crippen LogP contribution in [0.1, 0.15) is 78.1 Å². The predicted molar refractivity (Wildman–Crippen MR) is 83.6 cm³/mol. The fourth-order valence-electron chi connectivity index (χ4n) is 2.42. The molecule has 1 saturated carbocycles. The molecule has 0 spiro atoms. The Balaban J connectivity index is 1.76. The van der Waals surface area contributed by atoms with E-state index < -0.39 is 0 Å². The van der Waals surface area contributed by atoms with Crippen LogP contribution in [0.4, 0.5) is 0 Å². The standard InChI is InChI=1S/C17H35NO/c1-3-5-10-16(4-2)15-19-14-9-7-6-8-13-18-17-11-12-17/h16-18H,3-15H2,1-2H3. The van der Waals surface area contributed by atoms with Gasteiger partial charge in [0.25, 0.3) is 0 Å². The van der Waals surface area contributed by atoms with Gasteiger partial charge < -0.3 is 10.1 Å². The van der Waals surface area contributed by atoms with Crippen LogP contribution in [0.15, 0.2) is 0 Å². The zero-order valence-corrected chi connectivity index (χ0v) is 13.3. The molecule has 1 unspecified atom stereocenters. The van der Waals surface area contributed by atoms with Gasteiger partial charge in [0, 0.05) is 19.3 Å². The minimum atomic E-state index is 0.794. The highest BCUT2D eigenvalue weighted by Gasteiger charge is 2.19. The van der Waals surface area contributed by atoms with Gasteiger partial charge in [0.1, 0.15) is 0 Å². The van der Waals surface area contributed by atoms with Crippen LogP contribution < -0.4 is 5.32 Å². The summed E-state index contributed by atoms with van der Waals surface area (Å²) in [4.78, 5) is 0. The third-order valence-electron chi connectivity index (χ3n) is 4.12. The van der Waals surface area contributed by atoms with Gasteiger partial charge in [0.15, 0.2) is 0 Å². The van der Waals surface area contributed by atoms with Gasteiger partial charge in [-0.1, -0.05) is 46.0 Å². The molecular formula is C17H35NO. The lowest BCUT2D eigenvalue weighted by molar-refractivity contribution is 0.0908. The monoisotopic (exact) mass is 269 g/mol.